The van der Waals surface area contributed by atoms with Crippen LogP contribution in [-0.4, -0.2) is 45.4 Å². The van der Waals surface area contributed by atoms with Crippen molar-refractivity contribution in [2.24, 2.45) is 0 Å². The normalized spacial score (nSPS) is 15.6. The molecule has 46 heavy (non-hydrogen) atoms. The summed E-state index contributed by atoms with van der Waals surface area (Å²) in [4.78, 5) is 27.7. The van der Waals surface area contributed by atoms with Crippen LogP contribution in [0.15, 0.2) is 72.8 Å². The molecule has 1 atom stereocenters. The number of hydrogen-bond acceptors (Lipinski definition) is 5. The van der Waals surface area contributed by atoms with Crippen molar-refractivity contribution in [1.29, 1.82) is 0 Å². The van der Waals surface area contributed by atoms with E-state index >= 15 is 8.78 Å². The number of aromatic nitrogens is 2. The van der Waals surface area contributed by atoms with E-state index in [9.17, 15) is 19.8 Å². The first-order valence-corrected chi connectivity index (χ1v) is 15.0. The van der Waals surface area contributed by atoms with E-state index in [0.717, 1.165) is 11.1 Å². The third-order valence-corrected chi connectivity index (χ3v) is 8.80. The molecule has 0 fully saturated rings. The molecule has 2 heterocycles. The van der Waals surface area contributed by atoms with E-state index in [1.165, 1.54) is 31.4 Å². The molecule has 1 aliphatic heterocycles. The Bertz CT molecular complexity index is 1950. The minimum atomic E-state index is -1.09. The molecule has 11 heteroatoms. The topological polar surface area (TPSA) is 114 Å². The first-order chi connectivity index (χ1) is 22.1. The van der Waals surface area contributed by atoms with Crippen molar-refractivity contribution in [2.75, 3.05) is 19.0 Å². The van der Waals surface area contributed by atoms with E-state index in [-0.39, 0.29) is 37.0 Å². The van der Waals surface area contributed by atoms with Crippen LogP contribution in [-0.2, 0) is 34.5 Å². The van der Waals surface area contributed by atoms with Gasteiger partial charge >= 0.3 is 11.9 Å². The van der Waals surface area contributed by atoms with Crippen LogP contribution in [0.1, 0.15) is 45.7 Å². The largest absolute Gasteiger partial charge is 0.481 e. The molecule has 0 spiro atoms. The Balaban J connectivity index is 1.36. The van der Waals surface area contributed by atoms with Gasteiger partial charge in [-0.05, 0) is 65.6 Å². The number of nitrogens with zero attached hydrogens (tertiary/aromatic N) is 2. The van der Waals surface area contributed by atoms with E-state index < -0.39 is 29.1 Å². The lowest BCUT2D eigenvalue weighted by Gasteiger charge is -2.31. The van der Waals surface area contributed by atoms with E-state index in [0.29, 0.717) is 51.7 Å². The van der Waals surface area contributed by atoms with Crippen LogP contribution in [0.4, 0.5) is 14.5 Å². The summed E-state index contributed by atoms with van der Waals surface area (Å²) in [5.41, 5.74) is 3.54. The lowest BCUT2D eigenvalue weighted by atomic mass is 9.83. The molecule has 8 nitrogen and oxygen atoms in total. The van der Waals surface area contributed by atoms with Crippen LogP contribution in [0, 0.1) is 11.6 Å². The van der Waals surface area contributed by atoms with Crippen LogP contribution < -0.4 is 5.32 Å². The fourth-order valence-corrected chi connectivity index (χ4v) is 6.39. The number of aliphatic carboxylic acids is 1. The number of imidazole rings is 1. The van der Waals surface area contributed by atoms with Crippen LogP contribution >= 0.6 is 11.6 Å². The molecular weight excluding hydrogens is 616 g/mol. The van der Waals surface area contributed by atoms with Crippen LogP contribution in [0.3, 0.4) is 0 Å². The van der Waals surface area contributed by atoms with Gasteiger partial charge in [-0.25, -0.2) is 18.6 Å². The van der Waals surface area contributed by atoms with Gasteiger partial charge in [0.25, 0.3) is 0 Å². The van der Waals surface area contributed by atoms with Gasteiger partial charge in [-0.1, -0.05) is 41.9 Å². The number of para-hydroxylation sites is 1. The van der Waals surface area contributed by atoms with Gasteiger partial charge in [0.05, 0.1) is 28.7 Å². The second kappa shape index (κ2) is 12.5. The first kappa shape index (κ1) is 31.2. The third kappa shape index (κ3) is 5.93. The van der Waals surface area contributed by atoms with Crippen molar-refractivity contribution in [3.63, 3.8) is 0 Å². The molecule has 0 saturated heterocycles. The van der Waals surface area contributed by atoms with Gasteiger partial charge in [0.15, 0.2) is 0 Å². The highest BCUT2D eigenvalue weighted by molar-refractivity contribution is 6.30. The Labute approximate surface area is 268 Å². The van der Waals surface area contributed by atoms with Crippen molar-refractivity contribution in [1.82, 2.24) is 9.55 Å². The Morgan fingerprint density at radius 1 is 1.04 bits per heavy atom. The highest BCUT2D eigenvalue weighted by atomic mass is 35.5. The summed E-state index contributed by atoms with van der Waals surface area (Å²) in [5, 5.41) is 23.0. The van der Waals surface area contributed by atoms with Crippen LogP contribution in [0.25, 0.3) is 22.2 Å². The Morgan fingerprint density at radius 2 is 1.78 bits per heavy atom. The predicted molar refractivity (Wildman–Crippen MR) is 170 cm³/mol. The first-order valence-electron chi connectivity index (χ1n) is 14.7. The average Bonchev–Trinajstić information content (AvgIpc) is 3.59. The van der Waals surface area contributed by atoms with Crippen LogP contribution in [0.5, 0.6) is 0 Å². The molecule has 0 radical (unpaired) electrons. The predicted octanol–water partition coefficient (Wildman–Crippen LogP) is 7.30. The molecule has 1 aromatic heterocycles. The van der Waals surface area contributed by atoms with E-state index in [2.05, 4.69) is 10.3 Å². The number of fused-ring (bicyclic) bond motifs is 2. The van der Waals surface area contributed by atoms with E-state index in [1.54, 1.807) is 28.8 Å². The monoisotopic (exact) mass is 645 g/mol. The summed E-state index contributed by atoms with van der Waals surface area (Å²) in [6.07, 6.45) is 0.523. The highest BCUT2D eigenvalue weighted by Gasteiger charge is 2.40. The zero-order valence-corrected chi connectivity index (χ0v) is 25.6. The molecule has 0 amide bonds. The number of benzene rings is 4. The zero-order chi connectivity index (χ0) is 32.6. The van der Waals surface area contributed by atoms with Crippen LogP contribution in [0.2, 0.25) is 5.02 Å². The minimum absolute atomic E-state index is 0.0753. The van der Waals surface area contributed by atoms with Crippen molar-refractivity contribution in [3.05, 3.63) is 118 Å². The van der Waals surface area contributed by atoms with E-state index in [1.807, 2.05) is 24.3 Å². The molecule has 0 aliphatic carbocycles. The Morgan fingerprint density at radius 3 is 2.46 bits per heavy atom. The van der Waals surface area contributed by atoms with Gasteiger partial charge in [0.2, 0.25) is 0 Å². The zero-order valence-electron chi connectivity index (χ0n) is 24.8. The summed E-state index contributed by atoms with van der Waals surface area (Å²) in [6, 6.07) is 19.8. The SMILES string of the molecule is COCCn1c(Cc2c(F)cc(-c3cccc4c3NC(CCC(=O)O)(c3ccc(Cl)cc3)C4)cc2F)nc2ccc(C(=O)O)cc21. The third-order valence-electron chi connectivity index (χ3n) is 8.55. The number of carboxylic acid groups (broad SMARTS) is 2. The minimum Gasteiger partial charge on any atom is -0.481 e. The van der Waals surface area contributed by atoms with Gasteiger partial charge in [-0.15, -0.1) is 0 Å². The molecule has 4 aromatic carbocycles. The summed E-state index contributed by atoms with van der Waals surface area (Å²) in [5.74, 6) is -3.16. The quantitative estimate of drug-likeness (QED) is 0.138. The summed E-state index contributed by atoms with van der Waals surface area (Å²) in [6.45, 7) is 0.599. The smallest absolute Gasteiger partial charge is 0.335 e. The molecule has 1 unspecified atom stereocenters. The molecule has 3 N–H and O–H groups in total. The van der Waals surface area contributed by atoms with Crippen molar-refractivity contribution in [2.45, 2.75) is 37.8 Å². The van der Waals surface area contributed by atoms with E-state index in [4.69, 9.17) is 16.3 Å². The second-order valence-corrected chi connectivity index (χ2v) is 11.8. The maximum absolute atomic E-state index is 15.8. The Hall–Kier alpha value is -4.80. The average molecular weight is 646 g/mol. The second-order valence-electron chi connectivity index (χ2n) is 11.4. The van der Waals surface area contributed by atoms with Crippen molar-refractivity contribution >= 4 is 40.3 Å². The van der Waals surface area contributed by atoms with Gasteiger partial charge < -0.3 is 24.8 Å². The summed E-state index contributed by atoms with van der Waals surface area (Å²) < 4.78 is 38.6. The number of methoxy groups -OCH3 is 1. The van der Waals surface area contributed by atoms with Gasteiger partial charge in [-0.2, -0.15) is 0 Å². The number of anilines is 1. The lowest BCUT2D eigenvalue weighted by molar-refractivity contribution is -0.137. The number of hydrogen-bond donors (Lipinski definition) is 3. The molecule has 236 valence electrons. The maximum atomic E-state index is 15.8. The van der Waals surface area contributed by atoms with Gasteiger partial charge in [-0.3, -0.25) is 4.79 Å². The van der Waals surface area contributed by atoms with Crippen molar-refractivity contribution < 1.29 is 33.3 Å². The number of rotatable bonds is 11. The molecular formula is C35H30ClF2N3O5. The summed E-state index contributed by atoms with van der Waals surface area (Å²) >= 11 is 6.13. The van der Waals surface area contributed by atoms with Gasteiger partial charge in [0.1, 0.15) is 17.5 Å². The number of halogens is 3. The number of carboxylic acids is 2. The fraction of sp³-hybridized carbons (Fsp3) is 0.229. The number of aromatic carboxylic acids is 1. The molecule has 0 bridgehead atoms. The molecule has 1 aliphatic rings. The van der Waals surface area contributed by atoms with Crippen molar-refractivity contribution in [3.8, 4) is 11.1 Å². The number of ether oxygens (including phenoxy) is 1. The number of carbonyl (C=O) groups is 2. The molecule has 5 aromatic rings. The number of nitrogens with one attached hydrogen (secondary N) is 1. The highest BCUT2D eigenvalue weighted by Crippen LogP contribution is 2.47. The molecule has 0 saturated carbocycles. The lowest BCUT2D eigenvalue weighted by Crippen LogP contribution is -2.34. The summed E-state index contributed by atoms with van der Waals surface area (Å²) in [7, 11) is 1.53. The Kier molecular flexibility index (Phi) is 8.50. The fourth-order valence-electron chi connectivity index (χ4n) is 6.26. The molecule has 6 rings (SSSR count). The standard InChI is InChI=1S/C35H30ClF2N3O5/c1-46-14-13-41-30-17-20(34(44)45)5-10-29(30)39-31(41)18-26-27(37)15-22(16-28(26)38)25-4-2-3-21-19-35(40-33(21)25,12-11-32(42)43)23-6-8-24(36)9-7-23/h2-10,15-17,40H,11-14,18-19H2,1H3,(H,42,43)(H,44,45). The maximum Gasteiger partial charge on any atom is 0.335 e. The van der Waals surface area contributed by atoms with Gasteiger partial charge in [0, 0.05) is 54.8 Å².